The molecule has 2 atom stereocenters. The van der Waals surface area contributed by atoms with Crippen molar-refractivity contribution in [3.63, 3.8) is 0 Å². The summed E-state index contributed by atoms with van der Waals surface area (Å²) in [5.41, 5.74) is 1.17. The van der Waals surface area contributed by atoms with Gasteiger partial charge in [-0.15, -0.1) is 11.3 Å². The summed E-state index contributed by atoms with van der Waals surface area (Å²) in [6.07, 6.45) is 2.77. The second-order valence-electron chi connectivity index (χ2n) is 5.54. The molecular formula is C16H17ClN2OS. The van der Waals surface area contributed by atoms with Crippen LogP contribution in [0.5, 0.6) is 0 Å². The number of carbonyl (C=O) groups is 1. The topological polar surface area (TPSA) is 33.2 Å². The Kier molecular flexibility index (Phi) is 4.00. The fourth-order valence-corrected chi connectivity index (χ4v) is 3.69. The Hall–Kier alpha value is -1.39. The summed E-state index contributed by atoms with van der Waals surface area (Å²) in [7, 11) is 1.87. The van der Waals surface area contributed by atoms with E-state index in [1.165, 1.54) is 5.56 Å². The van der Waals surface area contributed by atoms with Gasteiger partial charge in [-0.25, -0.2) is 4.98 Å². The third-order valence-electron chi connectivity index (χ3n) is 3.82. The van der Waals surface area contributed by atoms with E-state index in [2.05, 4.69) is 11.1 Å². The molecule has 2 aromatic rings. The fourth-order valence-electron chi connectivity index (χ4n) is 2.65. The SMILES string of the molecule is Cc1ncc(CN(C)C(=O)[C@@H]2C[C@H]2c2cccc(Cl)c2)s1. The minimum absolute atomic E-state index is 0.0995. The molecule has 0 unspecified atom stereocenters. The third-order valence-corrected chi connectivity index (χ3v) is 4.96. The summed E-state index contributed by atoms with van der Waals surface area (Å²) in [6.45, 7) is 2.62. The lowest BCUT2D eigenvalue weighted by Gasteiger charge is -2.16. The van der Waals surface area contributed by atoms with Gasteiger partial charge in [-0.2, -0.15) is 0 Å². The third kappa shape index (κ3) is 3.27. The van der Waals surface area contributed by atoms with Gasteiger partial charge in [0.25, 0.3) is 0 Å². The second kappa shape index (κ2) is 5.78. The molecular weight excluding hydrogens is 304 g/mol. The van der Waals surface area contributed by atoms with Gasteiger partial charge in [0.2, 0.25) is 5.91 Å². The van der Waals surface area contributed by atoms with Gasteiger partial charge in [0.1, 0.15) is 0 Å². The fraction of sp³-hybridized carbons (Fsp3) is 0.375. The van der Waals surface area contributed by atoms with Gasteiger partial charge in [0.15, 0.2) is 0 Å². The molecule has 1 heterocycles. The molecule has 1 amide bonds. The quantitative estimate of drug-likeness (QED) is 0.857. The lowest BCUT2D eigenvalue weighted by atomic mass is 10.1. The van der Waals surface area contributed by atoms with Crippen LogP contribution in [-0.2, 0) is 11.3 Å². The van der Waals surface area contributed by atoms with Crippen LogP contribution in [0.2, 0.25) is 5.02 Å². The Morgan fingerprint density at radius 3 is 3.00 bits per heavy atom. The van der Waals surface area contributed by atoms with Crippen LogP contribution in [0.25, 0.3) is 0 Å². The number of halogens is 1. The second-order valence-corrected chi connectivity index (χ2v) is 7.30. The standard InChI is InChI=1S/C16H17ClN2OS/c1-10-18-8-13(21-10)9-19(2)16(20)15-7-14(15)11-4-3-5-12(17)6-11/h3-6,8,14-15H,7,9H2,1-2H3/t14-,15+/m0/s1. The maximum absolute atomic E-state index is 12.5. The number of benzene rings is 1. The number of nitrogens with zero attached hydrogens (tertiary/aromatic N) is 2. The van der Waals surface area contributed by atoms with Gasteiger partial charge < -0.3 is 4.90 Å². The van der Waals surface area contributed by atoms with Crippen LogP contribution in [0.1, 0.15) is 27.8 Å². The highest BCUT2D eigenvalue weighted by atomic mass is 35.5. The number of aryl methyl sites for hydroxylation is 1. The summed E-state index contributed by atoms with van der Waals surface area (Å²) >= 11 is 7.66. The predicted octanol–water partition coefficient (Wildman–Crippen LogP) is 3.87. The normalized spacial score (nSPS) is 20.3. The van der Waals surface area contributed by atoms with Gasteiger partial charge in [-0.1, -0.05) is 23.7 Å². The maximum Gasteiger partial charge on any atom is 0.226 e. The lowest BCUT2D eigenvalue weighted by Crippen LogP contribution is -2.27. The van der Waals surface area contributed by atoms with Crippen molar-refractivity contribution in [2.24, 2.45) is 5.92 Å². The van der Waals surface area contributed by atoms with Gasteiger partial charge in [0, 0.05) is 29.1 Å². The molecule has 0 N–H and O–H groups in total. The molecule has 21 heavy (non-hydrogen) atoms. The first-order valence-corrected chi connectivity index (χ1v) is 8.16. The Labute approximate surface area is 133 Å². The molecule has 110 valence electrons. The van der Waals surface area contributed by atoms with E-state index >= 15 is 0 Å². The Balaban J connectivity index is 1.62. The molecule has 1 aliphatic carbocycles. The minimum atomic E-state index is 0.0995. The molecule has 5 heteroatoms. The number of aromatic nitrogens is 1. The number of rotatable bonds is 4. The van der Waals surface area contributed by atoms with Gasteiger partial charge >= 0.3 is 0 Å². The molecule has 3 rings (SSSR count). The minimum Gasteiger partial charge on any atom is -0.340 e. The van der Waals surface area contributed by atoms with Crippen LogP contribution in [0.15, 0.2) is 30.5 Å². The highest BCUT2D eigenvalue weighted by Gasteiger charge is 2.45. The molecule has 0 radical (unpaired) electrons. The molecule has 1 saturated carbocycles. The molecule has 1 aromatic carbocycles. The number of hydrogen-bond acceptors (Lipinski definition) is 3. The number of carbonyl (C=O) groups excluding carboxylic acids is 1. The van der Waals surface area contributed by atoms with Crippen LogP contribution in [0, 0.1) is 12.8 Å². The summed E-state index contributed by atoms with van der Waals surface area (Å²) < 4.78 is 0. The van der Waals surface area contributed by atoms with Gasteiger partial charge in [-0.05, 0) is 37.0 Å². The van der Waals surface area contributed by atoms with Gasteiger partial charge in [0.05, 0.1) is 11.6 Å². The van der Waals surface area contributed by atoms with Crippen molar-refractivity contribution < 1.29 is 4.79 Å². The van der Waals surface area contributed by atoms with E-state index in [9.17, 15) is 4.79 Å². The van der Waals surface area contributed by atoms with Crippen LogP contribution in [0.4, 0.5) is 0 Å². The van der Waals surface area contributed by atoms with Crippen LogP contribution >= 0.6 is 22.9 Å². The van der Waals surface area contributed by atoms with Crippen molar-refractivity contribution in [1.82, 2.24) is 9.88 Å². The molecule has 1 fully saturated rings. The molecule has 1 aliphatic rings. The highest BCUT2D eigenvalue weighted by molar-refractivity contribution is 7.11. The van der Waals surface area contributed by atoms with E-state index in [1.807, 2.05) is 43.3 Å². The number of hydrogen-bond donors (Lipinski definition) is 0. The first-order chi connectivity index (χ1) is 10.0. The molecule has 1 aromatic heterocycles. The van der Waals surface area contributed by atoms with Crippen molar-refractivity contribution in [3.05, 3.63) is 50.9 Å². The zero-order valence-electron chi connectivity index (χ0n) is 12.0. The van der Waals surface area contributed by atoms with E-state index in [0.717, 1.165) is 21.3 Å². The van der Waals surface area contributed by atoms with E-state index in [0.29, 0.717) is 12.5 Å². The van der Waals surface area contributed by atoms with Gasteiger partial charge in [-0.3, -0.25) is 4.79 Å². The van der Waals surface area contributed by atoms with Crippen molar-refractivity contribution in [2.75, 3.05) is 7.05 Å². The smallest absolute Gasteiger partial charge is 0.226 e. The van der Waals surface area contributed by atoms with Crippen LogP contribution in [-0.4, -0.2) is 22.8 Å². The van der Waals surface area contributed by atoms with E-state index in [-0.39, 0.29) is 11.8 Å². The van der Waals surface area contributed by atoms with Crippen molar-refractivity contribution in [2.45, 2.75) is 25.8 Å². The van der Waals surface area contributed by atoms with Crippen molar-refractivity contribution >= 4 is 28.8 Å². The molecule has 0 aliphatic heterocycles. The average Bonchev–Trinajstić information content (AvgIpc) is 3.15. The first kappa shape index (κ1) is 14.5. The number of amides is 1. The summed E-state index contributed by atoms with van der Waals surface area (Å²) in [4.78, 5) is 19.6. The van der Waals surface area contributed by atoms with Crippen molar-refractivity contribution in [3.8, 4) is 0 Å². The molecule has 0 saturated heterocycles. The maximum atomic E-state index is 12.5. The zero-order valence-corrected chi connectivity index (χ0v) is 13.6. The predicted molar refractivity (Wildman–Crippen MR) is 85.6 cm³/mol. The summed E-state index contributed by atoms with van der Waals surface area (Å²) in [6, 6.07) is 7.83. The Morgan fingerprint density at radius 2 is 2.33 bits per heavy atom. The highest BCUT2D eigenvalue weighted by Crippen LogP contribution is 2.48. The Bertz CT molecular complexity index is 670. The average molecular weight is 321 g/mol. The monoisotopic (exact) mass is 320 g/mol. The number of thiazole rings is 1. The largest absolute Gasteiger partial charge is 0.340 e. The van der Waals surface area contributed by atoms with E-state index in [1.54, 1.807) is 11.3 Å². The summed E-state index contributed by atoms with van der Waals surface area (Å²) in [5, 5.41) is 1.77. The van der Waals surface area contributed by atoms with Crippen molar-refractivity contribution in [1.29, 1.82) is 0 Å². The molecule has 0 bridgehead atoms. The van der Waals surface area contributed by atoms with Crippen LogP contribution < -0.4 is 0 Å². The first-order valence-electron chi connectivity index (χ1n) is 6.96. The summed E-state index contributed by atoms with van der Waals surface area (Å²) in [5.74, 6) is 0.635. The van der Waals surface area contributed by atoms with E-state index in [4.69, 9.17) is 11.6 Å². The van der Waals surface area contributed by atoms with Crippen LogP contribution in [0.3, 0.4) is 0 Å². The molecule has 0 spiro atoms. The van der Waals surface area contributed by atoms with E-state index < -0.39 is 0 Å². The Morgan fingerprint density at radius 1 is 1.52 bits per heavy atom. The lowest BCUT2D eigenvalue weighted by molar-refractivity contribution is -0.131. The molecule has 3 nitrogen and oxygen atoms in total. The zero-order chi connectivity index (χ0) is 15.0.